The van der Waals surface area contributed by atoms with Crippen molar-refractivity contribution in [1.29, 1.82) is 0 Å². The third kappa shape index (κ3) is 4.93. The minimum absolute atomic E-state index is 0. The summed E-state index contributed by atoms with van der Waals surface area (Å²) in [7, 11) is 1.78. The lowest BCUT2D eigenvalue weighted by Crippen LogP contribution is -2.38. The molecule has 1 aliphatic carbocycles. The second kappa shape index (κ2) is 7.55. The van der Waals surface area contributed by atoms with Crippen molar-refractivity contribution in [3.05, 3.63) is 33.3 Å². The van der Waals surface area contributed by atoms with Crippen LogP contribution in [0.1, 0.15) is 18.4 Å². The summed E-state index contributed by atoms with van der Waals surface area (Å²) >= 11 is 9.53. The number of aliphatic imine (C=N–C) groups is 1. The number of benzene rings is 1. The van der Waals surface area contributed by atoms with Gasteiger partial charge in [0.05, 0.1) is 0 Å². The Labute approximate surface area is 138 Å². The third-order valence-electron chi connectivity index (χ3n) is 2.60. The van der Waals surface area contributed by atoms with Crippen molar-refractivity contribution < 1.29 is 0 Å². The van der Waals surface area contributed by atoms with E-state index in [0.717, 1.165) is 21.0 Å². The van der Waals surface area contributed by atoms with Gasteiger partial charge in [-0.1, -0.05) is 33.6 Å². The SMILES string of the molecule is CN=C(NCc1ccc(Br)cc1Cl)NC1CC1.I. The Morgan fingerprint density at radius 3 is 2.78 bits per heavy atom. The largest absolute Gasteiger partial charge is 0.354 e. The Bertz CT molecular complexity index is 435. The van der Waals surface area contributed by atoms with Crippen LogP contribution < -0.4 is 10.6 Å². The fourth-order valence-corrected chi connectivity index (χ4v) is 2.20. The molecule has 1 aromatic rings. The topological polar surface area (TPSA) is 36.4 Å². The van der Waals surface area contributed by atoms with Crippen molar-refractivity contribution in [3.63, 3.8) is 0 Å². The smallest absolute Gasteiger partial charge is 0.191 e. The zero-order valence-corrected chi connectivity index (χ0v) is 14.7. The van der Waals surface area contributed by atoms with Crippen LogP contribution in [0.2, 0.25) is 5.02 Å². The molecule has 0 saturated heterocycles. The number of hydrogen-bond acceptors (Lipinski definition) is 1. The first kappa shape index (κ1) is 16.0. The first-order valence-corrected chi connectivity index (χ1v) is 6.77. The lowest BCUT2D eigenvalue weighted by Gasteiger charge is -2.12. The first-order chi connectivity index (χ1) is 8.19. The van der Waals surface area contributed by atoms with E-state index in [4.69, 9.17) is 11.6 Å². The molecule has 0 aromatic heterocycles. The van der Waals surface area contributed by atoms with Crippen LogP contribution in [0.15, 0.2) is 27.7 Å². The van der Waals surface area contributed by atoms with E-state index in [0.29, 0.717) is 12.6 Å². The maximum Gasteiger partial charge on any atom is 0.191 e. The Kier molecular flexibility index (Phi) is 6.73. The number of guanidine groups is 1. The van der Waals surface area contributed by atoms with Gasteiger partial charge in [-0.05, 0) is 30.5 Å². The van der Waals surface area contributed by atoms with Gasteiger partial charge in [-0.3, -0.25) is 4.99 Å². The highest BCUT2D eigenvalue weighted by atomic mass is 127. The molecular formula is C12H16BrClIN3. The lowest BCUT2D eigenvalue weighted by molar-refractivity contribution is 0.805. The van der Waals surface area contributed by atoms with Gasteiger partial charge >= 0.3 is 0 Å². The Balaban J connectivity index is 0.00000162. The molecule has 0 spiro atoms. The number of hydrogen-bond donors (Lipinski definition) is 2. The molecule has 6 heteroatoms. The van der Waals surface area contributed by atoms with Crippen molar-refractivity contribution in [2.45, 2.75) is 25.4 Å². The second-order valence-electron chi connectivity index (χ2n) is 4.08. The van der Waals surface area contributed by atoms with Gasteiger partial charge in [0.15, 0.2) is 5.96 Å². The highest BCUT2D eigenvalue weighted by Gasteiger charge is 2.22. The van der Waals surface area contributed by atoms with Crippen molar-refractivity contribution in [2.24, 2.45) is 4.99 Å². The molecule has 18 heavy (non-hydrogen) atoms. The van der Waals surface area contributed by atoms with Gasteiger partial charge in [-0.15, -0.1) is 24.0 Å². The molecule has 1 fully saturated rings. The highest BCUT2D eigenvalue weighted by molar-refractivity contribution is 14.0. The molecule has 2 rings (SSSR count). The quantitative estimate of drug-likeness (QED) is 0.425. The molecule has 0 amide bonds. The Hall–Kier alpha value is -0.0100. The van der Waals surface area contributed by atoms with Gasteiger partial charge in [0.1, 0.15) is 0 Å². The fraction of sp³-hybridized carbons (Fsp3) is 0.417. The van der Waals surface area contributed by atoms with Crippen LogP contribution in [0.25, 0.3) is 0 Å². The molecule has 0 unspecified atom stereocenters. The maximum absolute atomic E-state index is 6.14. The van der Waals surface area contributed by atoms with Crippen LogP contribution in [-0.4, -0.2) is 19.0 Å². The van der Waals surface area contributed by atoms with Crippen molar-refractivity contribution in [2.75, 3.05) is 7.05 Å². The van der Waals surface area contributed by atoms with Gasteiger partial charge in [0.25, 0.3) is 0 Å². The van der Waals surface area contributed by atoms with Crippen molar-refractivity contribution in [1.82, 2.24) is 10.6 Å². The molecule has 3 nitrogen and oxygen atoms in total. The maximum atomic E-state index is 6.14. The van der Waals surface area contributed by atoms with E-state index in [-0.39, 0.29) is 24.0 Å². The van der Waals surface area contributed by atoms with Crippen molar-refractivity contribution >= 4 is 57.5 Å². The molecule has 0 heterocycles. The summed E-state index contributed by atoms with van der Waals surface area (Å²) in [5.74, 6) is 0.839. The van der Waals surface area contributed by atoms with Crippen molar-refractivity contribution in [3.8, 4) is 0 Å². The normalized spacial score (nSPS) is 14.9. The van der Waals surface area contributed by atoms with Gasteiger partial charge in [-0.25, -0.2) is 0 Å². The molecule has 0 aliphatic heterocycles. The summed E-state index contributed by atoms with van der Waals surface area (Å²) in [6, 6.07) is 6.49. The zero-order chi connectivity index (χ0) is 12.3. The fourth-order valence-electron chi connectivity index (χ4n) is 1.46. The van der Waals surface area contributed by atoms with Crippen LogP contribution in [0.4, 0.5) is 0 Å². The first-order valence-electron chi connectivity index (χ1n) is 5.60. The van der Waals surface area contributed by atoms with E-state index >= 15 is 0 Å². The zero-order valence-electron chi connectivity index (χ0n) is 10.0. The van der Waals surface area contributed by atoms with Gasteiger partial charge in [0.2, 0.25) is 0 Å². The second-order valence-corrected chi connectivity index (χ2v) is 5.40. The van der Waals surface area contributed by atoms with Gasteiger partial charge < -0.3 is 10.6 Å². The molecule has 100 valence electrons. The number of nitrogens with zero attached hydrogens (tertiary/aromatic N) is 1. The third-order valence-corrected chi connectivity index (χ3v) is 3.45. The highest BCUT2D eigenvalue weighted by Crippen LogP contribution is 2.21. The predicted octanol–water partition coefficient (Wildman–Crippen LogP) is 3.55. The van der Waals surface area contributed by atoms with E-state index < -0.39 is 0 Å². The van der Waals surface area contributed by atoms with E-state index in [1.54, 1.807) is 7.05 Å². The van der Waals surface area contributed by atoms with Gasteiger partial charge in [-0.2, -0.15) is 0 Å². The summed E-state index contributed by atoms with van der Waals surface area (Å²) in [6.07, 6.45) is 2.47. The predicted molar refractivity (Wildman–Crippen MR) is 90.9 cm³/mol. The minimum Gasteiger partial charge on any atom is -0.354 e. The van der Waals surface area contributed by atoms with Crippen LogP contribution in [0, 0.1) is 0 Å². The minimum atomic E-state index is 0. The average molecular weight is 445 g/mol. The summed E-state index contributed by atoms with van der Waals surface area (Å²) in [4.78, 5) is 4.17. The Morgan fingerprint density at radius 2 is 2.22 bits per heavy atom. The van der Waals surface area contributed by atoms with E-state index in [9.17, 15) is 0 Å². The molecule has 1 saturated carbocycles. The van der Waals surface area contributed by atoms with Crippen LogP contribution in [-0.2, 0) is 6.54 Å². The number of nitrogens with one attached hydrogen (secondary N) is 2. The summed E-state index contributed by atoms with van der Waals surface area (Å²) in [5, 5.41) is 7.34. The molecule has 2 N–H and O–H groups in total. The lowest BCUT2D eigenvalue weighted by atomic mass is 10.2. The standard InChI is InChI=1S/C12H15BrClN3.HI/c1-15-12(17-10-4-5-10)16-7-8-2-3-9(13)6-11(8)14;/h2-3,6,10H,4-5,7H2,1H3,(H2,15,16,17);1H. The molecule has 1 aliphatic rings. The average Bonchev–Trinajstić information content (AvgIpc) is 3.10. The van der Waals surface area contributed by atoms with Crippen LogP contribution in [0.3, 0.4) is 0 Å². The van der Waals surface area contributed by atoms with Crippen LogP contribution >= 0.6 is 51.5 Å². The summed E-state index contributed by atoms with van der Waals surface area (Å²) < 4.78 is 0.992. The van der Waals surface area contributed by atoms with Crippen LogP contribution in [0.5, 0.6) is 0 Å². The number of halogens is 3. The summed E-state index contributed by atoms with van der Waals surface area (Å²) in [6.45, 7) is 0.679. The molecule has 0 bridgehead atoms. The van der Waals surface area contributed by atoms with E-state index in [1.165, 1.54) is 12.8 Å². The Morgan fingerprint density at radius 1 is 1.50 bits per heavy atom. The number of rotatable bonds is 3. The van der Waals surface area contributed by atoms with Gasteiger partial charge in [0, 0.05) is 29.1 Å². The van der Waals surface area contributed by atoms with E-state index in [2.05, 4.69) is 31.6 Å². The van der Waals surface area contributed by atoms with E-state index in [1.807, 2.05) is 18.2 Å². The molecule has 0 radical (unpaired) electrons. The molecular weight excluding hydrogens is 428 g/mol. The molecule has 0 atom stereocenters. The summed E-state index contributed by atoms with van der Waals surface area (Å²) in [5.41, 5.74) is 1.06. The monoisotopic (exact) mass is 443 g/mol. The molecule has 1 aromatic carbocycles.